The smallest absolute Gasteiger partial charge is 0.236 e. The van der Waals surface area contributed by atoms with Gasteiger partial charge in [0.2, 0.25) is 11.7 Å². The molecular weight excluding hydrogens is 416 g/mol. The van der Waals surface area contributed by atoms with Crippen LogP contribution in [0.5, 0.6) is 0 Å². The van der Waals surface area contributed by atoms with E-state index in [1.807, 2.05) is 54.8 Å². The summed E-state index contributed by atoms with van der Waals surface area (Å²) in [6.07, 6.45) is 1.65. The second-order valence-corrected chi connectivity index (χ2v) is 8.53. The number of oxazole rings is 1. The van der Waals surface area contributed by atoms with Gasteiger partial charge in [-0.2, -0.15) is 0 Å². The molecule has 4 aromatic heterocycles. The van der Waals surface area contributed by atoms with E-state index >= 15 is 0 Å². The predicted molar refractivity (Wildman–Crippen MR) is 117 cm³/mol. The van der Waals surface area contributed by atoms with Gasteiger partial charge in [-0.15, -0.1) is 21.5 Å². The molecule has 0 atom stereocenters. The van der Waals surface area contributed by atoms with Gasteiger partial charge in [0, 0.05) is 5.75 Å². The van der Waals surface area contributed by atoms with Crippen molar-refractivity contribution in [1.82, 2.24) is 19.7 Å². The molecule has 6 nitrogen and oxygen atoms in total. The molecule has 0 unspecified atom stereocenters. The van der Waals surface area contributed by atoms with E-state index < -0.39 is 0 Å². The van der Waals surface area contributed by atoms with E-state index in [1.54, 1.807) is 29.4 Å². The second kappa shape index (κ2) is 8.33. The second-order valence-electron chi connectivity index (χ2n) is 6.64. The van der Waals surface area contributed by atoms with Crippen LogP contribution in [0, 0.1) is 6.92 Å². The van der Waals surface area contributed by atoms with Crippen molar-refractivity contribution in [1.29, 1.82) is 0 Å². The SMILES string of the molecule is Cc1oc(-c2cccs2)nc1CSc1nnc(-c2ccco2)n1Cc1ccccc1. The molecule has 0 spiro atoms. The maximum Gasteiger partial charge on any atom is 0.236 e. The summed E-state index contributed by atoms with van der Waals surface area (Å²) in [7, 11) is 0. The van der Waals surface area contributed by atoms with Gasteiger partial charge in [-0.3, -0.25) is 4.57 Å². The lowest BCUT2D eigenvalue weighted by Crippen LogP contribution is -2.04. The van der Waals surface area contributed by atoms with Crippen molar-refractivity contribution in [2.75, 3.05) is 0 Å². The number of aryl methyl sites for hydroxylation is 1. The molecule has 1 aromatic carbocycles. The summed E-state index contributed by atoms with van der Waals surface area (Å²) in [6, 6.07) is 18.0. The zero-order chi connectivity index (χ0) is 20.3. The lowest BCUT2D eigenvalue weighted by Gasteiger charge is -2.09. The highest BCUT2D eigenvalue weighted by atomic mass is 32.2. The van der Waals surface area contributed by atoms with E-state index in [1.165, 1.54) is 5.56 Å². The lowest BCUT2D eigenvalue weighted by atomic mass is 10.2. The summed E-state index contributed by atoms with van der Waals surface area (Å²) >= 11 is 3.21. The fraction of sp³-hybridized carbons (Fsp3) is 0.136. The van der Waals surface area contributed by atoms with Gasteiger partial charge in [-0.25, -0.2) is 4.98 Å². The number of hydrogen-bond acceptors (Lipinski definition) is 7. The first kappa shape index (κ1) is 18.9. The number of hydrogen-bond donors (Lipinski definition) is 0. The minimum absolute atomic E-state index is 0.645. The van der Waals surface area contributed by atoms with E-state index in [0.29, 0.717) is 29.8 Å². The van der Waals surface area contributed by atoms with Crippen LogP contribution in [0.1, 0.15) is 17.0 Å². The Kier molecular flexibility index (Phi) is 5.25. The molecule has 0 N–H and O–H groups in total. The maximum absolute atomic E-state index is 5.87. The van der Waals surface area contributed by atoms with E-state index in [-0.39, 0.29) is 0 Å². The molecule has 5 aromatic rings. The summed E-state index contributed by atoms with van der Waals surface area (Å²) in [5.41, 5.74) is 2.08. The molecule has 0 aliphatic carbocycles. The van der Waals surface area contributed by atoms with Gasteiger partial charge >= 0.3 is 0 Å². The highest BCUT2D eigenvalue weighted by Crippen LogP contribution is 2.31. The van der Waals surface area contributed by atoms with Gasteiger partial charge in [-0.1, -0.05) is 48.2 Å². The van der Waals surface area contributed by atoms with Crippen molar-refractivity contribution < 1.29 is 8.83 Å². The molecular formula is C22H18N4O2S2. The molecule has 5 rings (SSSR count). The van der Waals surface area contributed by atoms with Gasteiger partial charge in [0.1, 0.15) is 5.76 Å². The highest BCUT2D eigenvalue weighted by molar-refractivity contribution is 7.98. The Morgan fingerprint density at radius 1 is 1.03 bits per heavy atom. The van der Waals surface area contributed by atoms with Crippen molar-refractivity contribution in [2.24, 2.45) is 0 Å². The van der Waals surface area contributed by atoms with Crippen LogP contribution in [0.3, 0.4) is 0 Å². The first-order valence-electron chi connectivity index (χ1n) is 9.42. The molecule has 0 aliphatic heterocycles. The number of thioether (sulfide) groups is 1. The Morgan fingerprint density at radius 2 is 1.93 bits per heavy atom. The van der Waals surface area contributed by atoms with Crippen molar-refractivity contribution in [3.05, 3.63) is 83.3 Å². The quantitative estimate of drug-likeness (QED) is 0.297. The average molecular weight is 435 g/mol. The standard InChI is InChI=1S/C22H18N4O2S2/c1-15-17(23-21(28-15)19-10-6-12-29-19)14-30-22-25-24-20(18-9-5-11-27-18)26(22)13-16-7-3-2-4-8-16/h2-12H,13-14H2,1H3. The zero-order valence-electron chi connectivity index (χ0n) is 16.2. The van der Waals surface area contributed by atoms with E-state index in [2.05, 4.69) is 31.9 Å². The van der Waals surface area contributed by atoms with Crippen molar-refractivity contribution in [2.45, 2.75) is 24.4 Å². The number of benzene rings is 1. The molecule has 4 heterocycles. The predicted octanol–water partition coefficient (Wildman–Crippen LogP) is 5.90. The molecule has 0 amide bonds. The van der Waals surface area contributed by atoms with Crippen molar-refractivity contribution in [3.63, 3.8) is 0 Å². The third-order valence-corrected chi connectivity index (χ3v) is 6.44. The van der Waals surface area contributed by atoms with Crippen molar-refractivity contribution in [3.8, 4) is 22.4 Å². The summed E-state index contributed by atoms with van der Waals surface area (Å²) in [6.45, 7) is 2.60. The molecule has 30 heavy (non-hydrogen) atoms. The Labute approximate surface area is 181 Å². The Bertz CT molecular complexity index is 1230. The van der Waals surface area contributed by atoms with Gasteiger partial charge in [0.25, 0.3) is 0 Å². The van der Waals surface area contributed by atoms with Gasteiger partial charge in [0.15, 0.2) is 10.9 Å². The van der Waals surface area contributed by atoms with Crippen molar-refractivity contribution >= 4 is 23.1 Å². The number of furan rings is 1. The summed E-state index contributed by atoms with van der Waals surface area (Å²) in [5, 5.41) is 11.7. The van der Waals surface area contributed by atoms with Crippen LogP contribution in [-0.4, -0.2) is 19.7 Å². The van der Waals surface area contributed by atoms with Crippen LogP contribution in [0.2, 0.25) is 0 Å². The molecule has 0 radical (unpaired) electrons. The first-order chi connectivity index (χ1) is 14.8. The number of nitrogens with zero attached hydrogens (tertiary/aromatic N) is 4. The molecule has 0 fully saturated rings. The van der Waals surface area contributed by atoms with Crippen LogP contribution in [-0.2, 0) is 12.3 Å². The molecule has 0 saturated carbocycles. The Hall–Kier alpha value is -3.10. The number of aromatic nitrogens is 4. The lowest BCUT2D eigenvalue weighted by molar-refractivity contribution is 0.542. The van der Waals surface area contributed by atoms with Gasteiger partial charge in [0.05, 0.1) is 23.4 Å². The first-order valence-corrected chi connectivity index (χ1v) is 11.3. The topological polar surface area (TPSA) is 69.9 Å². The molecule has 150 valence electrons. The van der Waals surface area contributed by atoms with Crippen LogP contribution < -0.4 is 0 Å². The number of thiophene rings is 1. The summed E-state index contributed by atoms with van der Waals surface area (Å²) < 4.78 is 13.5. The third-order valence-electron chi connectivity index (χ3n) is 4.60. The van der Waals surface area contributed by atoms with Crippen LogP contribution >= 0.6 is 23.1 Å². The van der Waals surface area contributed by atoms with Crippen LogP contribution in [0.15, 0.2) is 80.2 Å². The summed E-state index contributed by atoms with van der Waals surface area (Å²) in [5.74, 6) is 3.54. The summed E-state index contributed by atoms with van der Waals surface area (Å²) in [4.78, 5) is 5.71. The van der Waals surface area contributed by atoms with Gasteiger partial charge < -0.3 is 8.83 Å². The fourth-order valence-electron chi connectivity index (χ4n) is 3.09. The average Bonchev–Trinajstić information content (AvgIpc) is 3.55. The normalized spacial score (nSPS) is 11.2. The number of rotatable bonds is 7. The van der Waals surface area contributed by atoms with Crippen LogP contribution in [0.4, 0.5) is 0 Å². The zero-order valence-corrected chi connectivity index (χ0v) is 17.8. The Balaban J connectivity index is 1.42. The molecule has 0 aliphatic rings. The minimum atomic E-state index is 0.645. The Morgan fingerprint density at radius 3 is 2.70 bits per heavy atom. The maximum atomic E-state index is 5.87. The molecule has 0 saturated heterocycles. The third kappa shape index (κ3) is 3.83. The van der Waals surface area contributed by atoms with Gasteiger partial charge in [-0.05, 0) is 36.1 Å². The molecule has 0 bridgehead atoms. The minimum Gasteiger partial charge on any atom is -0.461 e. The van der Waals surface area contributed by atoms with E-state index in [0.717, 1.165) is 21.5 Å². The van der Waals surface area contributed by atoms with E-state index in [4.69, 9.17) is 8.83 Å². The highest BCUT2D eigenvalue weighted by Gasteiger charge is 2.19. The fourth-order valence-corrected chi connectivity index (χ4v) is 4.68. The van der Waals surface area contributed by atoms with Crippen LogP contribution in [0.25, 0.3) is 22.4 Å². The van der Waals surface area contributed by atoms with E-state index in [9.17, 15) is 0 Å². The molecule has 8 heteroatoms. The monoisotopic (exact) mass is 434 g/mol. The largest absolute Gasteiger partial charge is 0.461 e.